The molecule has 0 aliphatic carbocycles. The van der Waals surface area contributed by atoms with E-state index in [1.165, 1.54) is 22.8 Å². The summed E-state index contributed by atoms with van der Waals surface area (Å²) in [7, 11) is 2.01. The van der Waals surface area contributed by atoms with Gasteiger partial charge in [-0.15, -0.1) is 0 Å². The number of non-ortho nitro benzene ring substituents is 1. The lowest BCUT2D eigenvalue weighted by Crippen LogP contribution is -2.45. The first-order valence-electron chi connectivity index (χ1n) is 8.78. The lowest BCUT2D eigenvalue weighted by Gasteiger charge is -2.30. The smallest absolute Gasteiger partial charge is 0.407 e. The minimum atomic E-state index is -0.593. The van der Waals surface area contributed by atoms with Gasteiger partial charge in [0, 0.05) is 38.7 Å². The van der Waals surface area contributed by atoms with Crippen LogP contribution in [0.1, 0.15) is 12.8 Å². The lowest BCUT2D eigenvalue weighted by atomic mass is 10.2. The second-order valence-corrected chi connectivity index (χ2v) is 6.59. The van der Waals surface area contributed by atoms with Gasteiger partial charge >= 0.3 is 5.76 Å². The van der Waals surface area contributed by atoms with Crippen molar-refractivity contribution in [3.8, 4) is 0 Å². The normalized spacial score (nSPS) is 17.9. The van der Waals surface area contributed by atoms with Gasteiger partial charge in [-0.25, -0.2) is 4.79 Å². The number of benzene rings is 1. The number of hydrogen-bond acceptors (Lipinski definition) is 7. The second-order valence-electron chi connectivity index (χ2n) is 6.59. The Bertz CT molecular complexity index is 889. The average molecular weight is 378 g/mol. The number of fused-ring (bicyclic) bond motifs is 1. The van der Waals surface area contributed by atoms with Crippen molar-refractivity contribution < 1.29 is 18.9 Å². The molecule has 1 saturated heterocycles. The summed E-state index contributed by atoms with van der Waals surface area (Å²) in [5, 5.41) is 13.6. The standard InChI is InChI=1S/C17H22N4O6/c1-19-7-8-26-13(11-19)10-18-16(22)3-2-6-20-14-5-4-12(21(24)25)9-15(14)27-17(20)23/h4-5,9,13H,2-3,6-8,10-11H2,1H3,(H,18,22)/t13-/m0/s1. The minimum Gasteiger partial charge on any atom is -0.407 e. The summed E-state index contributed by atoms with van der Waals surface area (Å²) >= 11 is 0. The summed E-state index contributed by atoms with van der Waals surface area (Å²) in [6.07, 6.45) is 0.696. The van der Waals surface area contributed by atoms with E-state index in [0.29, 0.717) is 31.6 Å². The van der Waals surface area contributed by atoms with E-state index < -0.39 is 10.7 Å². The Hall–Kier alpha value is -2.72. The fourth-order valence-electron chi connectivity index (χ4n) is 3.08. The van der Waals surface area contributed by atoms with Crippen molar-refractivity contribution in [2.75, 3.05) is 33.3 Å². The molecular weight excluding hydrogens is 356 g/mol. The van der Waals surface area contributed by atoms with Crippen molar-refractivity contribution in [3.63, 3.8) is 0 Å². The molecule has 1 aromatic carbocycles. The Labute approximate surface area is 154 Å². The number of carbonyl (C=O) groups is 1. The van der Waals surface area contributed by atoms with Gasteiger partial charge in [0.05, 0.1) is 29.2 Å². The van der Waals surface area contributed by atoms with Crippen LogP contribution in [-0.4, -0.2) is 59.7 Å². The number of nitro groups is 1. The minimum absolute atomic E-state index is 0.0103. The predicted molar refractivity (Wildman–Crippen MR) is 96.6 cm³/mol. The molecule has 0 saturated carbocycles. The van der Waals surface area contributed by atoms with Gasteiger partial charge in [0.2, 0.25) is 5.91 Å². The Morgan fingerprint density at radius 3 is 3.00 bits per heavy atom. The van der Waals surface area contributed by atoms with Crippen LogP contribution in [0.3, 0.4) is 0 Å². The van der Waals surface area contributed by atoms with Crippen LogP contribution < -0.4 is 11.1 Å². The summed E-state index contributed by atoms with van der Waals surface area (Å²) in [6.45, 7) is 3.08. The highest BCUT2D eigenvalue weighted by Crippen LogP contribution is 2.20. The number of amides is 1. The van der Waals surface area contributed by atoms with Crippen molar-refractivity contribution in [2.45, 2.75) is 25.5 Å². The van der Waals surface area contributed by atoms with Gasteiger partial charge in [0.25, 0.3) is 5.69 Å². The quantitative estimate of drug-likeness (QED) is 0.557. The fraction of sp³-hybridized carbons (Fsp3) is 0.529. The maximum atomic E-state index is 12.0. The number of oxazole rings is 1. The van der Waals surface area contributed by atoms with Crippen LogP contribution in [0.15, 0.2) is 27.4 Å². The number of aromatic nitrogens is 1. The van der Waals surface area contributed by atoms with E-state index in [4.69, 9.17) is 9.15 Å². The van der Waals surface area contributed by atoms with Crippen LogP contribution in [0, 0.1) is 10.1 Å². The van der Waals surface area contributed by atoms with Crippen LogP contribution in [0.5, 0.6) is 0 Å². The highest BCUT2D eigenvalue weighted by molar-refractivity contribution is 5.76. The first-order chi connectivity index (χ1) is 12.9. The van der Waals surface area contributed by atoms with E-state index in [1.54, 1.807) is 0 Å². The van der Waals surface area contributed by atoms with E-state index in [1.807, 2.05) is 7.05 Å². The molecule has 0 unspecified atom stereocenters. The van der Waals surface area contributed by atoms with E-state index >= 15 is 0 Å². The third-order valence-electron chi connectivity index (χ3n) is 4.52. The molecule has 1 atom stereocenters. The van der Waals surface area contributed by atoms with E-state index in [-0.39, 0.29) is 29.7 Å². The van der Waals surface area contributed by atoms with Gasteiger partial charge in [-0.2, -0.15) is 0 Å². The number of carbonyl (C=O) groups excluding carboxylic acids is 1. The van der Waals surface area contributed by atoms with Gasteiger partial charge in [-0.3, -0.25) is 19.5 Å². The molecule has 1 aliphatic rings. The molecule has 2 aromatic rings. The van der Waals surface area contributed by atoms with Crippen molar-refractivity contribution in [3.05, 3.63) is 38.9 Å². The highest BCUT2D eigenvalue weighted by Gasteiger charge is 2.18. The Morgan fingerprint density at radius 1 is 1.44 bits per heavy atom. The number of nitrogens with zero attached hydrogens (tertiary/aromatic N) is 3. The van der Waals surface area contributed by atoms with E-state index in [2.05, 4.69) is 10.2 Å². The summed E-state index contributed by atoms with van der Waals surface area (Å²) < 4.78 is 12.0. The largest absolute Gasteiger partial charge is 0.419 e. The van der Waals surface area contributed by atoms with Crippen LogP contribution >= 0.6 is 0 Å². The lowest BCUT2D eigenvalue weighted by molar-refractivity contribution is -0.384. The SMILES string of the molecule is CN1CCO[C@@H](CNC(=O)CCCn2c(=O)oc3cc([N+](=O)[O-])ccc32)C1. The van der Waals surface area contributed by atoms with Gasteiger partial charge in [-0.1, -0.05) is 0 Å². The van der Waals surface area contributed by atoms with Crippen molar-refractivity contribution in [1.29, 1.82) is 0 Å². The molecule has 1 amide bonds. The number of morpholine rings is 1. The number of nitro benzene ring substituents is 1. The molecule has 1 aliphatic heterocycles. The first-order valence-corrected chi connectivity index (χ1v) is 8.78. The fourth-order valence-corrected chi connectivity index (χ4v) is 3.08. The van der Waals surface area contributed by atoms with Gasteiger partial charge in [-0.05, 0) is 19.5 Å². The zero-order valence-corrected chi connectivity index (χ0v) is 15.1. The average Bonchev–Trinajstić information content (AvgIpc) is 2.94. The Morgan fingerprint density at radius 2 is 2.26 bits per heavy atom. The molecule has 2 heterocycles. The molecule has 3 rings (SSSR count). The molecule has 0 bridgehead atoms. The maximum Gasteiger partial charge on any atom is 0.419 e. The number of nitrogens with one attached hydrogen (secondary N) is 1. The van der Waals surface area contributed by atoms with Crippen LogP contribution in [-0.2, 0) is 16.1 Å². The monoisotopic (exact) mass is 378 g/mol. The third-order valence-corrected chi connectivity index (χ3v) is 4.52. The summed E-state index contributed by atoms with van der Waals surface area (Å²) in [5.74, 6) is -0.701. The van der Waals surface area contributed by atoms with Crippen LogP contribution in [0.2, 0.25) is 0 Å². The zero-order chi connectivity index (χ0) is 19.4. The Balaban J connectivity index is 1.51. The summed E-state index contributed by atoms with van der Waals surface area (Å²) in [5.41, 5.74) is 0.500. The van der Waals surface area contributed by atoms with Crippen LogP contribution in [0.25, 0.3) is 11.1 Å². The second kappa shape index (κ2) is 8.31. The van der Waals surface area contributed by atoms with Gasteiger partial charge in [0.15, 0.2) is 5.58 Å². The summed E-state index contributed by atoms with van der Waals surface area (Å²) in [4.78, 5) is 36.4. The highest BCUT2D eigenvalue weighted by atomic mass is 16.6. The van der Waals surface area contributed by atoms with Crippen LogP contribution in [0.4, 0.5) is 5.69 Å². The molecule has 1 N–H and O–H groups in total. The van der Waals surface area contributed by atoms with Gasteiger partial charge < -0.3 is 19.4 Å². The van der Waals surface area contributed by atoms with E-state index in [9.17, 15) is 19.7 Å². The first kappa shape index (κ1) is 19.1. The number of hydrogen-bond donors (Lipinski definition) is 1. The number of likely N-dealkylation sites (N-methyl/N-ethyl adjacent to an activating group) is 1. The van der Waals surface area contributed by atoms with Crippen molar-refractivity contribution >= 4 is 22.7 Å². The van der Waals surface area contributed by atoms with Crippen molar-refractivity contribution in [1.82, 2.24) is 14.8 Å². The third kappa shape index (κ3) is 4.72. The molecule has 146 valence electrons. The summed E-state index contributed by atoms with van der Waals surface area (Å²) in [6, 6.07) is 4.03. The van der Waals surface area contributed by atoms with E-state index in [0.717, 1.165) is 13.1 Å². The maximum absolute atomic E-state index is 12.0. The molecule has 27 heavy (non-hydrogen) atoms. The number of rotatable bonds is 7. The Kier molecular flexibility index (Phi) is 5.87. The number of aryl methyl sites for hydroxylation is 1. The van der Waals surface area contributed by atoms with Gasteiger partial charge in [0.1, 0.15) is 0 Å². The molecule has 10 nitrogen and oxygen atoms in total. The molecule has 10 heteroatoms. The molecule has 1 fully saturated rings. The zero-order valence-electron chi connectivity index (χ0n) is 15.1. The molecule has 0 radical (unpaired) electrons. The molecule has 0 spiro atoms. The van der Waals surface area contributed by atoms with Crippen molar-refractivity contribution in [2.24, 2.45) is 0 Å². The predicted octanol–water partition coefficient (Wildman–Crippen LogP) is 0.730. The molecular formula is C17H22N4O6. The molecule has 1 aromatic heterocycles. The topological polar surface area (TPSA) is 120 Å². The number of ether oxygens (including phenoxy) is 1.